The minimum atomic E-state index is -1.44. The summed E-state index contributed by atoms with van der Waals surface area (Å²) in [5, 5.41) is 11.6. The van der Waals surface area contributed by atoms with Crippen LogP contribution in [0.5, 0.6) is 11.5 Å². The van der Waals surface area contributed by atoms with Gasteiger partial charge in [0.05, 0.1) is 40.8 Å². The third-order valence-corrected chi connectivity index (χ3v) is 13.0. The van der Waals surface area contributed by atoms with Crippen LogP contribution in [0.1, 0.15) is 45.5 Å². The van der Waals surface area contributed by atoms with Gasteiger partial charge in [0.2, 0.25) is 11.8 Å². The summed E-state index contributed by atoms with van der Waals surface area (Å²) in [5.74, 6) is -4.81. The van der Waals surface area contributed by atoms with Crippen molar-refractivity contribution in [2.75, 3.05) is 10.3 Å². The Morgan fingerprint density at radius 1 is 0.780 bits per heavy atom. The molecule has 3 heterocycles. The molecule has 2 aliphatic carbocycles. The van der Waals surface area contributed by atoms with E-state index in [-0.39, 0.29) is 36.2 Å². The smallest absolute Gasteiger partial charge is 0.260 e. The van der Waals surface area contributed by atoms with Crippen LogP contribution in [-0.2, 0) is 31.0 Å². The molecule has 5 aliphatic rings. The van der Waals surface area contributed by atoms with Crippen molar-refractivity contribution in [2.45, 2.75) is 31.6 Å². The third-order valence-electron chi connectivity index (χ3n) is 13.0. The summed E-state index contributed by atoms with van der Waals surface area (Å²) >= 11 is 0. The number of amides is 4. The number of phenols is 1. The minimum absolute atomic E-state index is 0.0682. The summed E-state index contributed by atoms with van der Waals surface area (Å²) in [6, 6.07) is 37.1. The molecule has 6 unspecified atom stereocenters. The molecule has 292 valence electrons. The van der Waals surface area contributed by atoms with Crippen LogP contribution in [0.4, 0.5) is 11.4 Å². The van der Waals surface area contributed by atoms with Gasteiger partial charge in [-0.2, -0.15) is 5.01 Å². The molecule has 2 N–H and O–H groups in total. The number of imide groups is 2. The van der Waals surface area contributed by atoms with Crippen LogP contribution in [0, 0.1) is 36.5 Å². The molecule has 3 aliphatic heterocycles. The number of hydrazine groups is 1. The molecule has 0 spiro atoms. The maximum atomic E-state index is 15.5. The van der Waals surface area contributed by atoms with Crippen LogP contribution < -0.4 is 15.1 Å². The lowest BCUT2D eigenvalue weighted by molar-refractivity contribution is -0.139. The molecular weight excluding hydrogens is 743 g/mol. The molecule has 0 radical (unpaired) electrons. The van der Waals surface area contributed by atoms with Crippen molar-refractivity contribution >= 4 is 40.8 Å². The molecule has 3 fully saturated rings. The second-order valence-electron chi connectivity index (χ2n) is 16.1. The standard InChI is InChI=1S/C49H39N3O7/c1-28-12-16-34(17-13-28)50-52-46(56)40-26-39-37(43(49(40,48(52)58)33-10-6-3-7-11-33)32-24-31-25-36(53)20-23-41(31)59-27-32)21-22-38-42(39)47(57)51(45(38)55)35-18-14-30(15-19-35)44(54)29-8-4-2-5-9-29/h2-21,23,25,27,38-40,42-43,50,53H,22,24,26H2,1H3. The van der Waals surface area contributed by atoms with Gasteiger partial charge in [0.15, 0.2) is 5.78 Å². The zero-order valence-corrected chi connectivity index (χ0v) is 32.1. The zero-order chi connectivity index (χ0) is 40.6. The fourth-order valence-corrected chi connectivity index (χ4v) is 10.3. The Kier molecular flexibility index (Phi) is 8.48. The van der Waals surface area contributed by atoms with Gasteiger partial charge in [-0.05, 0) is 91.4 Å². The van der Waals surface area contributed by atoms with E-state index >= 15 is 9.59 Å². The largest absolute Gasteiger partial charge is 0.508 e. The predicted octanol–water partition coefficient (Wildman–Crippen LogP) is 7.47. The van der Waals surface area contributed by atoms with Gasteiger partial charge in [0.25, 0.3) is 11.8 Å². The highest BCUT2D eigenvalue weighted by atomic mass is 16.5. The lowest BCUT2D eigenvalue weighted by atomic mass is 9.48. The Hall–Kier alpha value is -7.07. The van der Waals surface area contributed by atoms with Crippen LogP contribution in [-0.4, -0.2) is 39.5 Å². The lowest BCUT2D eigenvalue weighted by Gasteiger charge is -2.51. The maximum absolute atomic E-state index is 15.5. The van der Waals surface area contributed by atoms with Gasteiger partial charge in [0, 0.05) is 29.0 Å². The molecule has 10 nitrogen and oxygen atoms in total. The molecule has 0 aromatic heterocycles. The predicted molar refractivity (Wildman–Crippen MR) is 219 cm³/mol. The number of aromatic hydroxyl groups is 1. The highest BCUT2D eigenvalue weighted by Gasteiger charge is 2.70. The van der Waals surface area contributed by atoms with Crippen LogP contribution >= 0.6 is 0 Å². The first-order valence-electron chi connectivity index (χ1n) is 19.9. The van der Waals surface area contributed by atoms with E-state index in [1.807, 2.05) is 73.7 Å². The summed E-state index contributed by atoms with van der Waals surface area (Å²) < 4.78 is 6.22. The number of phenolic OH excluding ortho intramolecular Hbond substituents is 1. The van der Waals surface area contributed by atoms with Crippen LogP contribution in [0.15, 0.2) is 151 Å². The number of fused-ring (bicyclic) bond motifs is 5. The van der Waals surface area contributed by atoms with Gasteiger partial charge in [-0.3, -0.25) is 34.3 Å². The van der Waals surface area contributed by atoms with Crippen molar-refractivity contribution in [2.24, 2.45) is 29.6 Å². The van der Waals surface area contributed by atoms with E-state index in [0.29, 0.717) is 40.2 Å². The number of ketones is 1. The normalized spacial score (nSPS) is 25.6. The highest BCUT2D eigenvalue weighted by Crippen LogP contribution is 2.63. The summed E-state index contributed by atoms with van der Waals surface area (Å²) in [6.45, 7) is 1.96. The highest BCUT2D eigenvalue weighted by molar-refractivity contribution is 6.23. The van der Waals surface area contributed by atoms with Gasteiger partial charge >= 0.3 is 0 Å². The Morgan fingerprint density at radius 3 is 2.20 bits per heavy atom. The Morgan fingerprint density at radius 2 is 1.47 bits per heavy atom. The van der Waals surface area contributed by atoms with E-state index in [0.717, 1.165) is 27.3 Å². The van der Waals surface area contributed by atoms with E-state index in [9.17, 15) is 19.5 Å². The molecule has 6 atom stereocenters. The van der Waals surface area contributed by atoms with Gasteiger partial charge in [-0.25, -0.2) is 0 Å². The number of carbonyl (C=O) groups is 5. The SMILES string of the molecule is Cc1ccc(NN2C(=O)C3CC4C(=CCC5C(=O)N(c6ccc(C(=O)c7ccccc7)cc6)C(=O)C54)C(C4=COc5ccc(O)cc5C4)C3(c3ccccc3)C2=O)cc1. The number of benzene rings is 5. The first kappa shape index (κ1) is 36.3. The molecule has 5 aromatic rings. The average Bonchev–Trinajstić information content (AvgIpc) is 3.65. The summed E-state index contributed by atoms with van der Waals surface area (Å²) in [5.41, 5.74) is 7.52. The van der Waals surface area contributed by atoms with E-state index in [1.165, 1.54) is 4.90 Å². The van der Waals surface area contributed by atoms with E-state index in [2.05, 4.69) is 5.43 Å². The van der Waals surface area contributed by atoms with Crippen molar-refractivity contribution in [1.82, 2.24) is 5.01 Å². The van der Waals surface area contributed by atoms with Crippen molar-refractivity contribution in [3.05, 3.63) is 179 Å². The number of ether oxygens (including phenoxy) is 1. The van der Waals surface area contributed by atoms with E-state index in [1.54, 1.807) is 73.0 Å². The Balaban J connectivity index is 1.08. The van der Waals surface area contributed by atoms with Gasteiger partial charge in [-0.15, -0.1) is 0 Å². The fraction of sp³-hybridized carbons (Fsp3) is 0.204. The fourth-order valence-electron chi connectivity index (χ4n) is 10.3. The van der Waals surface area contributed by atoms with E-state index < -0.39 is 46.8 Å². The van der Waals surface area contributed by atoms with Crippen molar-refractivity contribution < 1.29 is 33.8 Å². The number of rotatable bonds is 7. The number of nitrogens with one attached hydrogen (secondary N) is 1. The quantitative estimate of drug-likeness (QED) is 0.0988. The van der Waals surface area contributed by atoms with Gasteiger partial charge in [0.1, 0.15) is 11.5 Å². The second-order valence-corrected chi connectivity index (χ2v) is 16.1. The van der Waals surface area contributed by atoms with Gasteiger partial charge < -0.3 is 9.84 Å². The van der Waals surface area contributed by atoms with Crippen molar-refractivity contribution in [3.63, 3.8) is 0 Å². The second kappa shape index (κ2) is 13.8. The first-order valence-corrected chi connectivity index (χ1v) is 19.9. The number of carbonyl (C=O) groups excluding carboxylic acids is 5. The molecule has 5 aromatic carbocycles. The molecule has 59 heavy (non-hydrogen) atoms. The molecule has 10 heteroatoms. The zero-order valence-electron chi connectivity index (χ0n) is 32.1. The first-order chi connectivity index (χ1) is 28.6. The van der Waals surface area contributed by atoms with Crippen LogP contribution in [0.25, 0.3) is 0 Å². The summed E-state index contributed by atoms with van der Waals surface area (Å²) in [6.07, 6.45) is 4.39. The lowest BCUT2D eigenvalue weighted by Crippen LogP contribution is -2.55. The molecular formula is C49H39N3O7. The number of hydrogen-bond donors (Lipinski definition) is 2. The molecule has 10 rings (SSSR count). The number of allylic oxidation sites excluding steroid dienone is 3. The number of anilines is 2. The molecule has 4 amide bonds. The molecule has 1 saturated carbocycles. The van der Waals surface area contributed by atoms with E-state index in [4.69, 9.17) is 4.74 Å². The molecule has 0 bridgehead atoms. The van der Waals surface area contributed by atoms with Crippen molar-refractivity contribution in [1.29, 1.82) is 0 Å². The van der Waals surface area contributed by atoms with Crippen LogP contribution in [0.3, 0.4) is 0 Å². The summed E-state index contributed by atoms with van der Waals surface area (Å²) in [4.78, 5) is 74.1. The maximum Gasteiger partial charge on any atom is 0.260 e. The number of aryl methyl sites for hydroxylation is 1. The summed E-state index contributed by atoms with van der Waals surface area (Å²) in [7, 11) is 0. The number of hydrogen-bond acceptors (Lipinski definition) is 8. The Bertz CT molecular complexity index is 2640. The Labute approximate surface area is 340 Å². The monoisotopic (exact) mass is 781 g/mol. The third kappa shape index (κ3) is 5.57. The minimum Gasteiger partial charge on any atom is -0.508 e. The topological polar surface area (TPSA) is 133 Å². The molecule has 2 saturated heterocycles. The number of nitrogens with zero attached hydrogens (tertiary/aromatic N) is 2. The van der Waals surface area contributed by atoms with Crippen molar-refractivity contribution in [3.8, 4) is 11.5 Å². The van der Waals surface area contributed by atoms with Gasteiger partial charge in [-0.1, -0.05) is 90.0 Å². The van der Waals surface area contributed by atoms with Crippen LogP contribution in [0.2, 0.25) is 0 Å². The average molecular weight is 782 g/mol.